The number of nitrogens with zero attached hydrogens (tertiary/aromatic N) is 9. The van der Waals surface area contributed by atoms with Crippen LogP contribution in [0.2, 0.25) is 0 Å². The fourth-order valence-corrected chi connectivity index (χ4v) is 7.47. The van der Waals surface area contributed by atoms with Crippen LogP contribution in [-0.2, 0) is 12.4 Å². The maximum atomic E-state index is 12.7. The summed E-state index contributed by atoms with van der Waals surface area (Å²) in [6.07, 6.45) is -0.853. The van der Waals surface area contributed by atoms with Crippen LogP contribution in [0.4, 0.5) is 58.7 Å². The van der Waals surface area contributed by atoms with Crippen molar-refractivity contribution in [2.24, 2.45) is 0 Å². The van der Waals surface area contributed by atoms with E-state index in [0.29, 0.717) is 45.5 Å². The molecule has 2 amide bonds. The zero-order valence-electron chi connectivity index (χ0n) is 31.2. The van der Waals surface area contributed by atoms with Crippen molar-refractivity contribution in [3.8, 4) is 0 Å². The molecule has 2 aromatic heterocycles. The van der Waals surface area contributed by atoms with Gasteiger partial charge in [0, 0.05) is 90.9 Å². The Balaban J connectivity index is 0.000000164. The van der Waals surface area contributed by atoms with Gasteiger partial charge in [-0.2, -0.15) is 41.2 Å². The quantitative estimate of drug-likeness (QED) is 0.129. The number of carbonyl (C=O) groups is 2. The van der Waals surface area contributed by atoms with Crippen LogP contribution in [0.5, 0.6) is 0 Å². The summed E-state index contributed by atoms with van der Waals surface area (Å²) < 4.78 is 73.6. The van der Waals surface area contributed by atoms with Crippen molar-refractivity contribution >= 4 is 45.7 Å². The molecule has 57 heavy (non-hydrogen) atoms. The number of piperazine rings is 2. The second-order valence-corrected chi connectivity index (χ2v) is 14.3. The van der Waals surface area contributed by atoms with E-state index in [1.807, 2.05) is 12.1 Å². The lowest BCUT2D eigenvalue weighted by Crippen LogP contribution is -2.50. The van der Waals surface area contributed by atoms with Gasteiger partial charge in [-0.15, -0.1) is 0 Å². The molecule has 0 atom stereocenters. The number of rotatable bonds is 4. The predicted molar refractivity (Wildman–Crippen MR) is 206 cm³/mol. The largest absolute Gasteiger partial charge is 0.419 e. The van der Waals surface area contributed by atoms with Gasteiger partial charge in [0.25, 0.3) is 0 Å². The number of halogens is 7. The van der Waals surface area contributed by atoms with E-state index in [2.05, 4.69) is 71.3 Å². The molecule has 1 N–H and O–H groups in total. The van der Waals surface area contributed by atoms with Gasteiger partial charge >= 0.3 is 23.8 Å². The van der Waals surface area contributed by atoms with Crippen LogP contribution in [0.3, 0.4) is 0 Å². The molecular formula is C38H45ClF6N10O2. The third-order valence-corrected chi connectivity index (χ3v) is 10.6. The van der Waals surface area contributed by atoms with Crippen molar-refractivity contribution in [2.45, 2.75) is 38.0 Å². The van der Waals surface area contributed by atoms with E-state index in [1.54, 1.807) is 9.80 Å². The number of aromatic nitrogens is 4. The van der Waals surface area contributed by atoms with Gasteiger partial charge in [-0.1, -0.05) is 24.3 Å². The SMILES string of the molecule is FC(F)(F)c1cn[nH]c1.O=C(Cl)N1CCN(c2ccccc2N2CCCC2)CC1.O=C(N1CCN(c2ccccc2N2CCCC2)CC1)n1cc(C(F)(F)F)cn1. The van der Waals surface area contributed by atoms with Gasteiger partial charge in [-0.25, -0.2) is 4.79 Å². The molecule has 0 radical (unpaired) electrons. The van der Waals surface area contributed by atoms with Crippen molar-refractivity contribution in [1.82, 2.24) is 29.8 Å². The van der Waals surface area contributed by atoms with Crippen molar-refractivity contribution in [2.75, 3.05) is 98.1 Å². The molecule has 0 bridgehead atoms. The number of carbonyl (C=O) groups excluding carboxylic acids is 2. The highest BCUT2D eigenvalue weighted by Crippen LogP contribution is 2.34. The average molecular weight is 823 g/mol. The van der Waals surface area contributed by atoms with Crippen LogP contribution in [0, 0.1) is 0 Å². The van der Waals surface area contributed by atoms with E-state index < -0.39 is 29.5 Å². The van der Waals surface area contributed by atoms with Gasteiger partial charge in [0.2, 0.25) is 0 Å². The molecule has 4 saturated heterocycles. The van der Waals surface area contributed by atoms with Gasteiger partial charge < -0.3 is 29.4 Å². The molecule has 4 aliphatic rings. The van der Waals surface area contributed by atoms with E-state index in [0.717, 1.165) is 68.2 Å². The summed E-state index contributed by atoms with van der Waals surface area (Å²) in [5.74, 6) is 0. The monoisotopic (exact) mass is 822 g/mol. The van der Waals surface area contributed by atoms with Crippen molar-refractivity contribution in [1.29, 1.82) is 0 Å². The van der Waals surface area contributed by atoms with Crippen LogP contribution in [0.25, 0.3) is 0 Å². The van der Waals surface area contributed by atoms with Crippen LogP contribution < -0.4 is 19.6 Å². The van der Waals surface area contributed by atoms with Crippen LogP contribution >= 0.6 is 11.6 Å². The summed E-state index contributed by atoms with van der Waals surface area (Å²) in [6.45, 7) is 9.65. The molecule has 0 aliphatic carbocycles. The number of nitrogens with one attached hydrogen (secondary N) is 1. The zero-order chi connectivity index (χ0) is 40.6. The van der Waals surface area contributed by atoms with E-state index in [1.165, 1.54) is 42.7 Å². The predicted octanol–water partition coefficient (Wildman–Crippen LogP) is 7.49. The third kappa shape index (κ3) is 10.6. The summed E-state index contributed by atoms with van der Waals surface area (Å²) in [6, 6.07) is 16.3. The van der Waals surface area contributed by atoms with E-state index in [9.17, 15) is 35.9 Å². The minimum Gasteiger partial charge on any atom is -0.370 e. The first kappa shape index (κ1) is 41.5. The molecule has 4 aromatic rings. The molecule has 0 spiro atoms. The number of H-pyrrole nitrogens is 1. The average Bonchev–Trinajstić information content (AvgIpc) is 4.06. The fraction of sp³-hybridized carbons (Fsp3) is 0.474. The maximum Gasteiger partial charge on any atom is 0.419 e. The Morgan fingerprint density at radius 2 is 0.965 bits per heavy atom. The highest BCUT2D eigenvalue weighted by atomic mass is 35.5. The molecule has 0 saturated carbocycles. The first-order valence-electron chi connectivity index (χ1n) is 18.9. The van der Waals surface area contributed by atoms with Gasteiger partial charge in [-0.3, -0.25) is 9.89 Å². The number of hydrogen-bond acceptors (Lipinski definition) is 8. The molecule has 8 rings (SSSR count). The highest BCUT2D eigenvalue weighted by Gasteiger charge is 2.34. The summed E-state index contributed by atoms with van der Waals surface area (Å²) in [7, 11) is 0. The number of alkyl halides is 6. The minimum absolute atomic E-state index is 0.336. The molecule has 4 aliphatic heterocycles. The van der Waals surface area contributed by atoms with Crippen LogP contribution in [0.15, 0.2) is 73.3 Å². The van der Waals surface area contributed by atoms with Crippen molar-refractivity contribution in [3.63, 3.8) is 0 Å². The Bertz CT molecular complexity index is 1900. The number of amides is 2. The summed E-state index contributed by atoms with van der Waals surface area (Å²) in [5, 5.41) is 8.46. The topological polar surface area (TPSA) is 100 Å². The number of benzene rings is 2. The van der Waals surface area contributed by atoms with Gasteiger partial charge in [0.1, 0.15) is 0 Å². The van der Waals surface area contributed by atoms with E-state index >= 15 is 0 Å². The number of para-hydroxylation sites is 4. The van der Waals surface area contributed by atoms with Gasteiger partial charge in [-0.05, 0) is 61.5 Å². The second-order valence-electron chi connectivity index (χ2n) is 14.0. The molecule has 12 nitrogen and oxygen atoms in total. The Labute approximate surface area is 331 Å². The molecule has 2 aromatic carbocycles. The van der Waals surface area contributed by atoms with Gasteiger partial charge in [0.05, 0.1) is 46.3 Å². The lowest BCUT2D eigenvalue weighted by Gasteiger charge is -2.37. The minimum atomic E-state index is -4.50. The van der Waals surface area contributed by atoms with Crippen molar-refractivity contribution in [3.05, 3.63) is 84.4 Å². The van der Waals surface area contributed by atoms with Crippen molar-refractivity contribution < 1.29 is 35.9 Å². The lowest BCUT2D eigenvalue weighted by atomic mass is 10.2. The molecule has 0 unspecified atom stereocenters. The first-order valence-corrected chi connectivity index (χ1v) is 19.3. The molecule has 4 fully saturated rings. The first-order chi connectivity index (χ1) is 27.3. The number of hydrogen-bond donors (Lipinski definition) is 1. The Kier molecular flexibility index (Phi) is 13.4. The second kappa shape index (κ2) is 18.4. The molecule has 19 heteroatoms. The van der Waals surface area contributed by atoms with E-state index in [-0.39, 0.29) is 5.37 Å². The highest BCUT2D eigenvalue weighted by molar-refractivity contribution is 6.62. The fourth-order valence-electron chi connectivity index (χ4n) is 7.30. The van der Waals surface area contributed by atoms with Crippen LogP contribution in [-0.4, -0.2) is 120 Å². The lowest BCUT2D eigenvalue weighted by molar-refractivity contribution is -0.138. The van der Waals surface area contributed by atoms with E-state index in [4.69, 9.17) is 11.6 Å². The number of aromatic amines is 1. The Hall–Kier alpha value is -5.13. The summed E-state index contributed by atoms with van der Waals surface area (Å²) >= 11 is 5.55. The summed E-state index contributed by atoms with van der Waals surface area (Å²) in [5.41, 5.74) is 3.31. The zero-order valence-corrected chi connectivity index (χ0v) is 32.0. The normalized spacial score (nSPS) is 17.6. The van der Waals surface area contributed by atoms with Crippen LogP contribution in [0.1, 0.15) is 36.8 Å². The molecule has 308 valence electrons. The Morgan fingerprint density at radius 3 is 1.30 bits per heavy atom. The smallest absolute Gasteiger partial charge is 0.370 e. The summed E-state index contributed by atoms with van der Waals surface area (Å²) in [4.78, 5) is 36.4. The Morgan fingerprint density at radius 1 is 0.561 bits per heavy atom. The maximum absolute atomic E-state index is 12.7. The molecular weight excluding hydrogens is 778 g/mol. The van der Waals surface area contributed by atoms with Gasteiger partial charge in [0.15, 0.2) is 0 Å². The third-order valence-electron chi connectivity index (χ3n) is 10.3. The number of anilines is 4. The standard InChI is InChI=1S/C19H22F3N5O.C15H20ClN3O.C4H3F3N2/c20-19(21,22)15-13-23-27(14-15)18(28)26-11-9-25(10-12-26)17-6-2-1-5-16(17)24-7-3-4-8-24;16-15(20)19-11-9-18(10-12-19)14-6-2-1-5-13(14)17-7-3-4-8-17;5-4(6,7)3-1-8-9-2-3/h1-2,5-6,13-14H,3-4,7-12H2;1-2,5-6H,3-4,7-12H2;1-2H,(H,8,9). The molecule has 6 heterocycles.